The summed E-state index contributed by atoms with van der Waals surface area (Å²) in [6.07, 6.45) is 0. The van der Waals surface area contributed by atoms with Gasteiger partial charge in [-0.25, -0.2) is 13.1 Å². The maximum absolute atomic E-state index is 12.1. The fourth-order valence-electron chi connectivity index (χ4n) is 1.69. The second-order valence-corrected chi connectivity index (χ2v) is 5.91. The summed E-state index contributed by atoms with van der Waals surface area (Å²) < 4.78 is 31.5. The summed E-state index contributed by atoms with van der Waals surface area (Å²) in [5.74, 6) is 0.0158. The zero-order valence-electron chi connectivity index (χ0n) is 10.9. The number of phenolic OH excluding ortho intramolecular Hbond substituents is 1. The Labute approximate surface area is 117 Å². The van der Waals surface area contributed by atoms with E-state index >= 15 is 0 Å². The first-order valence-corrected chi connectivity index (χ1v) is 7.42. The highest BCUT2D eigenvalue weighted by Gasteiger charge is 2.15. The van der Waals surface area contributed by atoms with Crippen LogP contribution in [0.25, 0.3) is 0 Å². The van der Waals surface area contributed by atoms with Crippen molar-refractivity contribution in [3.63, 3.8) is 0 Å². The van der Waals surface area contributed by atoms with Gasteiger partial charge in [-0.2, -0.15) is 0 Å². The van der Waals surface area contributed by atoms with Gasteiger partial charge in [0.2, 0.25) is 10.0 Å². The molecule has 0 radical (unpaired) electrons. The SMILES string of the molecule is COc1ccc(S(=O)(=O)NCc2ccccc2)cc1O. The fourth-order valence-corrected chi connectivity index (χ4v) is 2.73. The monoisotopic (exact) mass is 293 g/mol. The molecule has 0 fully saturated rings. The molecule has 0 aliphatic heterocycles. The Balaban J connectivity index is 2.16. The molecule has 0 aliphatic carbocycles. The van der Waals surface area contributed by atoms with E-state index in [-0.39, 0.29) is 22.9 Å². The van der Waals surface area contributed by atoms with E-state index < -0.39 is 10.0 Å². The molecular formula is C14H15NO4S. The van der Waals surface area contributed by atoms with Gasteiger partial charge >= 0.3 is 0 Å². The minimum absolute atomic E-state index is 0.00766. The van der Waals surface area contributed by atoms with Gasteiger partial charge in [-0.05, 0) is 17.7 Å². The van der Waals surface area contributed by atoms with Crippen LogP contribution in [0.2, 0.25) is 0 Å². The van der Waals surface area contributed by atoms with Crippen LogP contribution in [0.1, 0.15) is 5.56 Å². The molecule has 0 unspecified atom stereocenters. The van der Waals surface area contributed by atoms with Crippen LogP contribution in [-0.4, -0.2) is 20.6 Å². The lowest BCUT2D eigenvalue weighted by Crippen LogP contribution is -2.23. The average molecular weight is 293 g/mol. The molecule has 0 atom stereocenters. The first kappa shape index (κ1) is 14.4. The molecule has 0 saturated heterocycles. The maximum atomic E-state index is 12.1. The Morgan fingerprint density at radius 1 is 1.15 bits per heavy atom. The van der Waals surface area contributed by atoms with Gasteiger partial charge in [0.1, 0.15) is 0 Å². The minimum atomic E-state index is -3.67. The number of hydrogen-bond acceptors (Lipinski definition) is 4. The molecule has 0 amide bonds. The summed E-state index contributed by atoms with van der Waals surface area (Å²) in [4.78, 5) is -0.00766. The van der Waals surface area contributed by atoms with Crippen LogP contribution in [0.15, 0.2) is 53.4 Å². The van der Waals surface area contributed by atoms with E-state index in [1.807, 2.05) is 30.3 Å². The highest BCUT2D eigenvalue weighted by atomic mass is 32.2. The van der Waals surface area contributed by atoms with E-state index in [1.54, 1.807) is 0 Å². The number of ether oxygens (including phenoxy) is 1. The van der Waals surface area contributed by atoms with Crippen LogP contribution in [0, 0.1) is 0 Å². The second kappa shape index (κ2) is 5.94. The predicted molar refractivity (Wildman–Crippen MR) is 75.1 cm³/mol. The maximum Gasteiger partial charge on any atom is 0.241 e. The van der Waals surface area contributed by atoms with Gasteiger partial charge in [-0.1, -0.05) is 30.3 Å². The Kier molecular flexibility index (Phi) is 4.26. The largest absolute Gasteiger partial charge is 0.504 e. The zero-order valence-corrected chi connectivity index (χ0v) is 11.7. The topological polar surface area (TPSA) is 75.6 Å². The van der Waals surface area contributed by atoms with E-state index in [0.717, 1.165) is 11.6 Å². The van der Waals surface area contributed by atoms with Gasteiger partial charge in [0.05, 0.1) is 12.0 Å². The first-order valence-electron chi connectivity index (χ1n) is 5.93. The molecule has 5 nitrogen and oxygen atoms in total. The summed E-state index contributed by atoms with van der Waals surface area (Å²) >= 11 is 0. The number of benzene rings is 2. The smallest absolute Gasteiger partial charge is 0.241 e. The third-order valence-electron chi connectivity index (χ3n) is 2.77. The van der Waals surface area contributed by atoms with Crippen molar-refractivity contribution in [3.8, 4) is 11.5 Å². The van der Waals surface area contributed by atoms with Crippen molar-refractivity contribution in [2.75, 3.05) is 7.11 Å². The van der Waals surface area contributed by atoms with Crippen molar-refractivity contribution in [3.05, 3.63) is 54.1 Å². The predicted octanol–water partition coefficient (Wildman–Crippen LogP) is 1.88. The molecule has 2 aromatic rings. The Bertz CT molecular complexity index is 684. The average Bonchev–Trinajstić information content (AvgIpc) is 2.46. The third kappa shape index (κ3) is 3.28. The molecular weight excluding hydrogens is 278 g/mol. The summed E-state index contributed by atoms with van der Waals surface area (Å²) in [7, 11) is -2.27. The van der Waals surface area contributed by atoms with E-state index in [4.69, 9.17) is 4.74 Å². The van der Waals surface area contributed by atoms with Crippen molar-refractivity contribution in [2.24, 2.45) is 0 Å². The lowest BCUT2D eigenvalue weighted by molar-refractivity contribution is 0.372. The molecule has 0 aromatic heterocycles. The highest BCUT2D eigenvalue weighted by molar-refractivity contribution is 7.89. The molecule has 2 N–H and O–H groups in total. The molecule has 0 heterocycles. The number of sulfonamides is 1. The Morgan fingerprint density at radius 2 is 1.85 bits per heavy atom. The van der Waals surface area contributed by atoms with Gasteiger partial charge in [0.25, 0.3) is 0 Å². The quantitative estimate of drug-likeness (QED) is 0.882. The van der Waals surface area contributed by atoms with Crippen molar-refractivity contribution >= 4 is 10.0 Å². The summed E-state index contributed by atoms with van der Waals surface area (Å²) in [6, 6.07) is 13.1. The Morgan fingerprint density at radius 3 is 2.45 bits per heavy atom. The van der Waals surface area contributed by atoms with Crippen LogP contribution in [0.3, 0.4) is 0 Å². The van der Waals surface area contributed by atoms with E-state index in [2.05, 4.69) is 4.72 Å². The summed E-state index contributed by atoms with van der Waals surface area (Å²) in [5, 5.41) is 9.62. The number of phenols is 1. The summed E-state index contributed by atoms with van der Waals surface area (Å²) in [6.45, 7) is 0.190. The lowest BCUT2D eigenvalue weighted by atomic mass is 10.2. The summed E-state index contributed by atoms with van der Waals surface area (Å²) in [5.41, 5.74) is 0.855. The van der Waals surface area contributed by atoms with Gasteiger partial charge in [0.15, 0.2) is 11.5 Å². The molecule has 0 bridgehead atoms. The minimum Gasteiger partial charge on any atom is -0.504 e. The van der Waals surface area contributed by atoms with Crippen LogP contribution in [-0.2, 0) is 16.6 Å². The van der Waals surface area contributed by atoms with Gasteiger partial charge in [-0.3, -0.25) is 0 Å². The number of rotatable bonds is 5. The fraction of sp³-hybridized carbons (Fsp3) is 0.143. The number of hydrogen-bond donors (Lipinski definition) is 2. The van der Waals surface area contributed by atoms with Crippen LogP contribution >= 0.6 is 0 Å². The number of methoxy groups -OCH3 is 1. The van der Waals surface area contributed by atoms with Crippen molar-refractivity contribution in [2.45, 2.75) is 11.4 Å². The Hall–Kier alpha value is -2.05. The number of nitrogens with one attached hydrogen (secondary N) is 1. The first-order chi connectivity index (χ1) is 9.53. The molecule has 106 valence electrons. The highest BCUT2D eigenvalue weighted by Crippen LogP contribution is 2.28. The van der Waals surface area contributed by atoms with Crippen LogP contribution in [0.4, 0.5) is 0 Å². The van der Waals surface area contributed by atoms with E-state index in [9.17, 15) is 13.5 Å². The van der Waals surface area contributed by atoms with Crippen molar-refractivity contribution in [1.82, 2.24) is 4.72 Å². The van der Waals surface area contributed by atoms with Crippen molar-refractivity contribution in [1.29, 1.82) is 0 Å². The second-order valence-electron chi connectivity index (χ2n) is 4.14. The molecule has 2 rings (SSSR count). The molecule has 20 heavy (non-hydrogen) atoms. The molecule has 0 saturated carbocycles. The third-order valence-corrected chi connectivity index (χ3v) is 4.17. The molecule has 0 aliphatic rings. The lowest BCUT2D eigenvalue weighted by Gasteiger charge is -2.09. The molecule has 2 aromatic carbocycles. The van der Waals surface area contributed by atoms with Crippen molar-refractivity contribution < 1.29 is 18.3 Å². The van der Waals surface area contributed by atoms with Crippen LogP contribution < -0.4 is 9.46 Å². The van der Waals surface area contributed by atoms with Gasteiger partial charge < -0.3 is 9.84 Å². The van der Waals surface area contributed by atoms with Gasteiger partial charge in [0, 0.05) is 12.6 Å². The van der Waals surface area contributed by atoms with Gasteiger partial charge in [-0.15, -0.1) is 0 Å². The van der Waals surface area contributed by atoms with Crippen LogP contribution in [0.5, 0.6) is 11.5 Å². The van der Waals surface area contributed by atoms with E-state index in [0.29, 0.717) is 0 Å². The number of aromatic hydroxyl groups is 1. The zero-order chi connectivity index (χ0) is 14.6. The molecule has 0 spiro atoms. The standard InChI is InChI=1S/C14H15NO4S/c1-19-14-8-7-12(9-13(14)16)20(17,18)15-10-11-5-3-2-4-6-11/h2-9,15-16H,10H2,1H3. The molecule has 6 heteroatoms. The normalized spacial score (nSPS) is 11.2. The van der Waals surface area contributed by atoms with E-state index in [1.165, 1.54) is 19.2 Å².